The number of rotatable bonds is 5. The molecule has 0 radical (unpaired) electrons. The van der Waals surface area contributed by atoms with E-state index >= 15 is 0 Å². The molecule has 2 amide bonds. The Kier molecular flexibility index (Phi) is 7.07. The highest BCUT2D eigenvalue weighted by atomic mass is 32.1. The highest BCUT2D eigenvalue weighted by molar-refractivity contribution is 7.80. The first-order valence-corrected chi connectivity index (χ1v) is 11.3. The van der Waals surface area contributed by atoms with Crippen molar-refractivity contribution < 1.29 is 18.7 Å². The quantitative estimate of drug-likeness (QED) is 0.537. The lowest BCUT2D eigenvalue weighted by Gasteiger charge is -2.40. The summed E-state index contributed by atoms with van der Waals surface area (Å²) in [5.41, 5.74) is 0.955. The number of benzene rings is 1. The number of halogens is 1. The highest BCUT2D eigenvalue weighted by Gasteiger charge is 2.33. The third-order valence-electron chi connectivity index (χ3n) is 5.97. The van der Waals surface area contributed by atoms with E-state index < -0.39 is 12.2 Å². The summed E-state index contributed by atoms with van der Waals surface area (Å²) in [4.78, 5) is 29.8. The van der Waals surface area contributed by atoms with Crippen LogP contribution in [0.25, 0.3) is 0 Å². The molecule has 0 spiro atoms. The summed E-state index contributed by atoms with van der Waals surface area (Å²) < 4.78 is 20.2. The van der Waals surface area contributed by atoms with Crippen LogP contribution in [0.1, 0.15) is 6.92 Å². The lowest BCUT2D eigenvalue weighted by atomic mass is 10.1. The van der Waals surface area contributed by atoms with Gasteiger partial charge in [-0.25, -0.2) is 9.18 Å². The summed E-state index contributed by atoms with van der Waals surface area (Å²) in [5.74, 6) is -0.572. The summed E-state index contributed by atoms with van der Waals surface area (Å²) >= 11 is 5.67. The van der Waals surface area contributed by atoms with Gasteiger partial charge in [-0.2, -0.15) is 0 Å². The predicted octanol–water partition coefficient (Wildman–Crippen LogP) is 0.298. The van der Waals surface area contributed by atoms with Crippen LogP contribution in [0.2, 0.25) is 0 Å². The largest absolute Gasteiger partial charge is 0.442 e. The minimum Gasteiger partial charge on any atom is -0.442 e. The Morgan fingerprint density at radius 2 is 2.06 bits per heavy atom. The first kappa shape index (κ1) is 22.7. The predicted molar refractivity (Wildman–Crippen MR) is 124 cm³/mol. The van der Waals surface area contributed by atoms with Crippen molar-refractivity contribution in [1.82, 2.24) is 20.9 Å². The van der Waals surface area contributed by atoms with Crippen molar-refractivity contribution in [2.24, 2.45) is 0 Å². The summed E-state index contributed by atoms with van der Waals surface area (Å²) in [6.07, 6.45) is -1.000. The number of nitrogens with one attached hydrogen (secondary N) is 3. The topological polar surface area (TPSA) is 89.2 Å². The molecule has 1 unspecified atom stereocenters. The minimum atomic E-state index is -0.541. The molecular weight excluding hydrogens is 435 g/mol. The van der Waals surface area contributed by atoms with Crippen LogP contribution in [0.15, 0.2) is 18.2 Å². The van der Waals surface area contributed by atoms with Crippen molar-refractivity contribution in [2.45, 2.75) is 19.1 Å². The van der Waals surface area contributed by atoms with Crippen LogP contribution in [0.3, 0.4) is 0 Å². The molecule has 3 heterocycles. The molecule has 3 aliphatic heterocycles. The molecule has 2 atom stereocenters. The number of carbonyl (C=O) groups is 2. The van der Waals surface area contributed by atoms with Crippen LogP contribution in [0.5, 0.6) is 0 Å². The van der Waals surface area contributed by atoms with Gasteiger partial charge in [0.25, 0.3) is 0 Å². The van der Waals surface area contributed by atoms with Crippen LogP contribution in [-0.2, 0) is 9.53 Å². The molecule has 1 aromatic rings. The zero-order chi connectivity index (χ0) is 22.7. The maximum atomic E-state index is 15.0. The van der Waals surface area contributed by atoms with Crippen molar-refractivity contribution >= 4 is 40.6 Å². The first-order valence-electron chi connectivity index (χ1n) is 10.9. The van der Waals surface area contributed by atoms with E-state index in [2.05, 4.69) is 20.9 Å². The van der Waals surface area contributed by atoms with E-state index in [4.69, 9.17) is 17.0 Å². The van der Waals surface area contributed by atoms with Gasteiger partial charge >= 0.3 is 6.09 Å². The molecule has 3 N–H and O–H groups in total. The fourth-order valence-electron chi connectivity index (χ4n) is 4.23. The third kappa shape index (κ3) is 5.11. The van der Waals surface area contributed by atoms with Gasteiger partial charge in [-0.1, -0.05) is 12.2 Å². The van der Waals surface area contributed by atoms with Gasteiger partial charge in [0.2, 0.25) is 5.91 Å². The Labute approximate surface area is 192 Å². The van der Waals surface area contributed by atoms with Crippen molar-refractivity contribution in [3.8, 4) is 0 Å². The molecule has 174 valence electrons. The fourth-order valence-corrected chi connectivity index (χ4v) is 4.58. The molecule has 9 nitrogen and oxygen atoms in total. The smallest absolute Gasteiger partial charge is 0.414 e. The summed E-state index contributed by atoms with van der Waals surface area (Å²) in [5, 5.41) is 9.42. The molecule has 0 aliphatic carbocycles. The van der Waals surface area contributed by atoms with Gasteiger partial charge in [-0.05, 0) is 18.2 Å². The van der Waals surface area contributed by atoms with E-state index in [0.717, 1.165) is 37.7 Å². The van der Waals surface area contributed by atoms with Gasteiger partial charge in [-0.3, -0.25) is 9.69 Å². The molecule has 0 saturated carbocycles. The molecule has 3 aliphatic rings. The van der Waals surface area contributed by atoms with Crippen LogP contribution in [-0.4, -0.2) is 92.9 Å². The van der Waals surface area contributed by atoms with Gasteiger partial charge in [0.05, 0.1) is 35.5 Å². The summed E-state index contributed by atoms with van der Waals surface area (Å²) in [6, 6.07) is 4.97. The van der Waals surface area contributed by atoms with Crippen molar-refractivity contribution in [3.05, 3.63) is 24.0 Å². The van der Waals surface area contributed by atoms with Crippen LogP contribution < -0.4 is 25.8 Å². The zero-order valence-corrected chi connectivity index (χ0v) is 18.9. The fraction of sp³-hybridized carbons (Fsp3) is 0.571. The van der Waals surface area contributed by atoms with E-state index in [1.807, 2.05) is 4.90 Å². The average Bonchev–Trinajstić information content (AvgIpc) is 3.18. The van der Waals surface area contributed by atoms with Crippen molar-refractivity contribution in [1.29, 1.82) is 0 Å². The van der Waals surface area contributed by atoms with Crippen LogP contribution in [0.4, 0.5) is 20.6 Å². The van der Waals surface area contributed by atoms with Gasteiger partial charge in [0.15, 0.2) is 0 Å². The number of cyclic esters (lactones) is 1. The monoisotopic (exact) mass is 464 g/mol. The van der Waals surface area contributed by atoms with E-state index in [-0.39, 0.29) is 30.9 Å². The second-order valence-corrected chi connectivity index (χ2v) is 8.63. The number of anilines is 2. The number of carbonyl (C=O) groups excluding carboxylic acids is 2. The second-order valence-electron chi connectivity index (χ2n) is 8.21. The summed E-state index contributed by atoms with van der Waals surface area (Å²) in [6.45, 7) is 7.40. The standard InChI is InChI=1S/C21H29FN6O3S/c1-14(29)25-11-16-13-28(21(30)31-16)15-2-3-19(17(22)10-15)26-6-8-27(9-7-26)20(32)18-12-23-4-5-24-18/h2-3,10,16,18,23-24H,4-9,11-13H2,1H3,(H,25,29)/t16-,18?/m0/s1. The highest BCUT2D eigenvalue weighted by Crippen LogP contribution is 2.28. The number of amides is 2. The van der Waals surface area contributed by atoms with Gasteiger partial charge in [-0.15, -0.1) is 0 Å². The molecule has 3 saturated heterocycles. The Morgan fingerprint density at radius 3 is 2.72 bits per heavy atom. The molecule has 4 rings (SSSR count). The molecule has 3 fully saturated rings. The number of ether oxygens (including phenoxy) is 1. The van der Waals surface area contributed by atoms with Crippen LogP contribution in [0, 0.1) is 5.82 Å². The number of hydrogen-bond acceptors (Lipinski definition) is 7. The van der Waals surface area contributed by atoms with Gasteiger partial charge < -0.3 is 30.5 Å². The average molecular weight is 465 g/mol. The molecule has 1 aromatic carbocycles. The van der Waals surface area contributed by atoms with Crippen molar-refractivity contribution in [3.63, 3.8) is 0 Å². The lowest BCUT2D eigenvalue weighted by Crippen LogP contribution is -2.59. The Bertz CT molecular complexity index is 873. The van der Waals surface area contributed by atoms with E-state index in [1.165, 1.54) is 17.9 Å². The normalized spacial score (nSPS) is 23.8. The molecule has 0 aromatic heterocycles. The van der Waals surface area contributed by atoms with E-state index in [9.17, 15) is 14.0 Å². The second kappa shape index (κ2) is 9.97. The third-order valence-corrected chi connectivity index (χ3v) is 6.51. The van der Waals surface area contributed by atoms with Gasteiger partial charge in [0.1, 0.15) is 11.9 Å². The molecule has 0 bridgehead atoms. The molecule has 32 heavy (non-hydrogen) atoms. The Hall–Kier alpha value is -2.50. The zero-order valence-electron chi connectivity index (χ0n) is 18.1. The van der Waals surface area contributed by atoms with E-state index in [1.54, 1.807) is 12.1 Å². The SMILES string of the molecule is CC(=O)NC[C@H]1CN(c2ccc(N3CCN(C(=S)C4CNCCN4)CC3)c(F)c2)C(=O)O1. The van der Waals surface area contributed by atoms with E-state index in [0.29, 0.717) is 24.5 Å². The number of thiocarbonyl (C=S) groups is 1. The van der Waals surface area contributed by atoms with Crippen molar-refractivity contribution in [2.75, 3.05) is 68.7 Å². The lowest BCUT2D eigenvalue weighted by molar-refractivity contribution is -0.119. The van der Waals surface area contributed by atoms with Crippen LogP contribution >= 0.6 is 12.2 Å². The number of nitrogens with zero attached hydrogens (tertiary/aromatic N) is 3. The Balaban J connectivity index is 1.34. The molecule has 11 heteroatoms. The maximum Gasteiger partial charge on any atom is 0.414 e. The van der Waals surface area contributed by atoms with Gasteiger partial charge in [0, 0.05) is 52.7 Å². The maximum absolute atomic E-state index is 15.0. The number of piperazine rings is 2. The molecular formula is C21H29FN6O3S. The Morgan fingerprint density at radius 1 is 1.28 bits per heavy atom. The first-order chi connectivity index (χ1) is 15.4. The minimum absolute atomic E-state index is 0.163. The summed E-state index contributed by atoms with van der Waals surface area (Å²) in [7, 11) is 0. The number of hydrogen-bond donors (Lipinski definition) is 3.